The van der Waals surface area contributed by atoms with Crippen LogP contribution >= 0.6 is 0 Å². The molecule has 1 saturated carbocycles. The number of nitrogens with one attached hydrogen (secondary N) is 1. The van der Waals surface area contributed by atoms with Crippen LogP contribution in [-0.2, 0) is 16.0 Å². The highest BCUT2D eigenvalue weighted by molar-refractivity contribution is 5.75. The van der Waals surface area contributed by atoms with E-state index >= 15 is 0 Å². The first kappa shape index (κ1) is 19.5. The van der Waals surface area contributed by atoms with Gasteiger partial charge in [-0.3, -0.25) is 4.79 Å². The number of aromatic nitrogens is 2. The number of ether oxygens (including phenoxy) is 1. The number of aryl methyl sites for hydroxylation is 1. The Balaban J connectivity index is 1.30. The van der Waals surface area contributed by atoms with Gasteiger partial charge >= 0.3 is 0 Å². The molecule has 0 radical (unpaired) electrons. The zero-order valence-corrected chi connectivity index (χ0v) is 15.5. The molecule has 0 atom stereocenters. The second-order valence-corrected chi connectivity index (χ2v) is 6.85. The average molecular weight is 375 g/mol. The summed E-state index contributed by atoms with van der Waals surface area (Å²) in [6, 6.07) is 5.87. The highest BCUT2D eigenvalue weighted by Crippen LogP contribution is 2.20. The number of nitrogens with zero attached hydrogens (tertiary/aromatic N) is 2. The fourth-order valence-electron chi connectivity index (χ4n) is 3.16. The highest BCUT2D eigenvalue weighted by Gasteiger charge is 2.13. The van der Waals surface area contributed by atoms with E-state index < -0.39 is 0 Å². The third kappa shape index (κ3) is 6.43. The van der Waals surface area contributed by atoms with E-state index in [1.807, 2.05) is 0 Å². The number of hydrogen-bond acceptors (Lipinski definition) is 5. The predicted octanol–water partition coefficient (Wildman–Crippen LogP) is 3.66. The lowest BCUT2D eigenvalue weighted by Gasteiger charge is -2.21. The number of halogens is 1. The second-order valence-electron chi connectivity index (χ2n) is 6.85. The van der Waals surface area contributed by atoms with Gasteiger partial charge in [-0.05, 0) is 43.5 Å². The topological polar surface area (TPSA) is 77.2 Å². The standard InChI is InChI=1S/C20H26FN3O3/c21-16-9-7-15(8-10-16)20-23-19(27-24-20)12-11-18(25)22-13-4-14-26-17-5-2-1-3-6-17/h7-10,17H,1-6,11-14H2,(H,22,25). The number of benzene rings is 1. The summed E-state index contributed by atoms with van der Waals surface area (Å²) in [7, 11) is 0. The summed E-state index contributed by atoms with van der Waals surface area (Å²) in [6.45, 7) is 1.30. The number of rotatable bonds is 9. The van der Waals surface area contributed by atoms with Crippen LogP contribution < -0.4 is 5.32 Å². The molecule has 1 aromatic heterocycles. The SMILES string of the molecule is O=C(CCc1nc(-c2ccc(F)cc2)no1)NCCCOC1CCCCC1. The maximum absolute atomic E-state index is 12.9. The number of carbonyl (C=O) groups is 1. The summed E-state index contributed by atoms with van der Waals surface area (Å²) in [5.41, 5.74) is 0.675. The molecule has 27 heavy (non-hydrogen) atoms. The predicted molar refractivity (Wildman–Crippen MR) is 98.5 cm³/mol. The van der Waals surface area contributed by atoms with Crippen molar-refractivity contribution < 1.29 is 18.4 Å². The lowest BCUT2D eigenvalue weighted by atomic mass is 9.98. The monoisotopic (exact) mass is 375 g/mol. The molecule has 1 aliphatic rings. The zero-order chi connectivity index (χ0) is 18.9. The van der Waals surface area contributed by atoms with Crippen molar-refractivity contribution in [3.8, 4) is 11.4 Å². The molecule has 1 N–H and O–H groups in total. The van der Waals surface area contributed by atoms with E-state index in [1.54, 1.807) is 12.1 Å². The van der Waals surface area contributed by atoms with Gasteiger partial charge in [-0.25, -0.2) is 4.39 Å². The normalized spacial score (nSPS) is 15.0. The van der Waals surface area contributed by atoms with Crippen LogP contribution in [0.15, 0.2) is 28.8 Å². The van der Waals surface area contributed by atoms with Crippen LogP contribution in [-0.4, -0.2) is 35.3 Å². The van der Waals surface area contributed by atoms with Crippen molar-refractivity contribution in [1.29, 1.82) is 0 Å². The Bertz CT molecular complexity index is 712. The smallest absolute Gasteiger partial charge is 0.227 e. The minimum absolute atomic E-state index is 0.0470. The van der Waals surface area contributed by atoms with Gasteiger partial charge in [-0.1, -0.05) is 24.4 Å². The van der Waals surface area contributed by atoms with Crippen molar-refractivity contribution in [2.24, 2.45) is 0 Å². The Kier molecular flexibility index (Phi) is 7.33. The van der Waals surface area contributed by atoms with E-state index in [-0.39, 0.29) is 18.1 Å². The molecule has 6 nitrogen and oxygen atoms in total. The molecular weight excluding hydrogens is 349 g/mol. The molecule has 1 heterocycles. The van der Waals surface area contributed by atoms with Crippen LogP contribution in [0.4, 0.5) is 4.39 Å². The van der Waals surface area contributed by atoms with Gasteiger partial charge in [-0.2, -0.15) is 4.98 Å². The van der Waals surface area contributed by atoms with Gasteiger partial charge in [0.25, 0.3) is 0 Å². The molecule has 146 valence electrons. The third-order valence-corrected chi connectivity index (χ3v) is 4.69. The fourth-order valence-corrected chi connectivity index (χ4v) is 3.16. The largest absolute Gasteiger partial charge is 0.378 e. The van der Waals surface area contributed by atoms with Crippen molar-refractivity contribution in [3.05, 3.63) is 36.0 Å². The summed E-state index contributed by atoms with van der Waals surface area (Å²) in [5.74, 6) is 0.424. The van der Waals surface area contributed by atoms with E-state index in [4.69, 9.17) is 9.26 Å². The second kappa shape index (κ2) is 10.2. The molecule has 1 aliphatic carbocycles. The Hall–Kier alpha value is -2.28. The number of hydrogen-bond donors (Lipinski definition) is 1. The lowest BCUT2D eigenvalue weighted by Crippen LogP contribution is -2.26. The van der Waals surface area contributed by atoms with E-state index in [0.29, 0.717) is 43.0 Å². The summed E-state index contributed by atoms with van der Waals surface area (Å²) < 4.78 is 23.9. The number of carbonyl (C=O) groups excluding carboxylic acids is 1. The first-order chi connectivity index (χ1) is 13.2. The molecule has 2 aromatic rings. The maximum atomic E-state index is 12.9. The van der Waals surface area contributed by atoms with E-state index in [9.17, 15) is 9.18 Å². The Labute approximate surface area is 158 Å². The van der Waals surface area contributed by atoms with Gasteiger partial charge in [-0.15, -0.1) is 0 Å². The molecule has 1 aromatic carbocycles. The molecular formula is C20H26FN3O3. The summed E-state index contributed by atoms with van der Waals surface area (Å²) in [5, 5.41) is 6.75. The summed E-state index contributed by atoms with van der Waals surface area (Å²) >= 11 is 0. The Morgan fingerprint density at radius 1 is 1.22 bits per heavy atom. The van der Waals surface area contributed by atoms with E-state index in [1.165, 1.54) is 31.4 Å². The van der Waals surface area contributed by atoms with Crippen LogP contribution in [0.2, 0.25) is 0 Å². The quantitative estimate of drug-likeness (QED) is 0.677. The lowest BCUT2D eigenvalue weighted by molar-refractivity contribution is -0.121. The summed E-state index contributed by atoms with van der Waals surface area (Å²) in [4.78, 5) is 16.2. The Morgan fingerprint density at radius 2 is 2.00 bits per heavy atom. The van der Waals surface area contributed by atoms with Crippen LogP contribution in [0.5, 0.6) is 0 Å². The van der Waals surface area contributed by atoms with Crippen molar-refractivity contribution in [1.82, 2.24) is 15.5 Å². The highest BCUT2D eigenvalue weighted by atomic mass is 19.1. The van der Waals surface area contributed by atoms with Gasteiger partial charge in [0.05, 0.1) is 6.10 Å². The minimum atomic E-state index is -0.316. The first-order valence-corrected chi connectivity index (χ1v) is 9.67. The van der Waals surface area contributed by atoms with Crippen LogP contribution in [0, 0.1) is 5.82 Å². The van der Waals surface area contributed by atoms with Gasteiger partial charge in [0.1, 0.15) is 5.82 Å². The van der Waals surface area contributed by atoms with Crippen molar-refractivity contribution in [2.45, 2.75) is 57.5 Å². The molecule has 3 rings (SSSR count). The van der Waals surface area contributed by atoms with Crippen molar-refractivity contribution in [2.75, 3.05) is 13.2 Å². The van der Waals surface area contributed by atoms with E-state index in [2.05, 4.69) is 15.5 Å². The summed E-state index contributed by atoms with van der Waals surface area (Å²) in [6.07, 6.45) is 8.06. The molecule has 0 aliphatic heterocycles. The average Bonchev–Trinajstić information content (AvgIpc) is 3.16. The maximum Gasteiger partial charge on any atom is 0.227 e. The molecule has 1 amide bonds. The van der Waals surface area contributed by atoms with Crippen molar-refractivity contribution >= 4 is 5.91 Å². The fraction of sp³-hybridized carbons (Fsp3) is 0.550. The molecule has 0 spiro atoms. The number of amides is 1. The minimum Gasteiger partial charge on any atom is -0.378 e. The molecule has 7 heteroatoms. The van der Waals surface area contributed by atoms with Gasteiger partial charge in [0.15, 0.2) is 0 Å². The van der Waals surface area contributed by atoms with Gasteiger partial charge < -0.3 is 14.6 Å². The first-order valence-electron chi connectivity index (χ1n) is 9.67. The molecule has 1 fully saturated rings. The van der Waals surface area contributed by atoms with Crippen LogP contribution in [0.25, 0.3) is 11.4 Å². The van der Waals surface area contributed by atoms with Gasteiger partial charge in [0, 0.05) is 31.6 Å². The van der Waals surface area contributed by atoms with E-state index in [0.717, 1.165) is 19.3 Å². The molecule has 0 saturated heterocycles. The Morgan fingerprint density at radius 3 is 2.78 bits per heavy atom. The third-order valence-electron chi connectivity index (χ3n) is 4.69. The van der Waals surface area contributed by atoms with Crippen molar-refractivity contribution in [3.63, 3.8) is 0 Å². The van der Waals surface area contributed by atoms with Crippen LogP contribution in [0.1, 0.15) is 50.8 Å². The van der Waals surface area contributed by atoms with Crippen LogP contribution in [0.3, 0.4) is 0 Å². The van der Waals surface area contributed by atoms with Gasteiger partial charge in [0.2, 0.25) is 17.6 Å². The zero-order valence-electron chi connectivity index (χ0n) is 15.5. The molecule has 0 bridgehead atoms. The molecule has 0 unspecified atom stereocenters.